The first-order valence-corrected chi connectivity index (χ1v) is 7.23. The summed E-state index contributed by atoms with van der Waals surface area (Å²) >= 11 is 3.10. The number of nitrogens with zero attached hydrogens (tertiary/aromatic N) is 1. The average Bonchev–Trinajstić information content (AvgIpc) is 2.37. The zero-order valence-electron chi connectivity index (χ0n) is 10.7. The lowest BCUT2D eigenvalue weighted by Crippen LogP contribution is -2.31. The third-order valence-corrected chi connectivity index (χ3v) is 3.97. The highest BCUT2D eigenvalue weighted by Gasteiger charge is 2.32. The van der Waals surface area contributed by atoms with Gasteiger partial charge in [0.2, 0.25) is 0 Å². The van der Waals surface area contributed by atoms with Crippen LogP contribution in [0.3, 0.4) is 0 Å². The third kappa shape index (κ3) is 3.66. The van der Waals surface area contributed by atoms with E-state index < -0.39 is 11.7 Å². The van der Waals surface area contributed by atoms with Crippen molar-refractivity contribution in [3.05, 3.63) is 28.2 Å². The van der Waals surface area contributed by atoms with Crippen LogP contribution in [0.25, 0.3) is 0 Å². The Kier molecular flexibility index (Phi) is 4.59. The molecule has 108 valence electrons. The Hall–Kier alpha value is -1.22. The van der Waals surface area contributed by atoms with Crippen molar-refractivity contribution in [3.63, 3.8) is 0 Å². The minimum atomic E-state index is -4.37. The Morgan fingerprint density at radius 3 is 2.55 bits per heavy atom. The average molecular weight is 347 g/mol. The summed E-state index contributed by atoms with van der Waals surface area (Å²) < 4.78 is 38.7. The van der Waals surface area contributed by atoms with Crippen molar-refractivity contribution in [2.24, 2.45) is 5.92 Å². The summed E-state index contributed by atoms with van der Waals surface area (Å²) in [4.78, 5) is 0. The highest BCUT2D eigenvalue weighted by Crippen LogP contribution is 2.34. The number of hydrogen-bond donors (Lipinski definition) is 1. The van der Waals surface area contributed by atoms with Crippen molar-refractivity contribution in [2.75, 3.05) is 5.32 Å². The van der Waals surface area contributed by atoms with Gasteiger partial charge in [0.1, 0.15) is 0 Å². The second-order valence-corrected chi connectivity index (χ2v) is 5.91. The fourth-order valence-electron chi connectivity index (χ4n) is 2.51. The van der Waals surface area contributed by atoms with Crippen LogP contribution in [0, 0.1) is 17.2 Å². The molecule has 2 rings (SSSR count). The molecule has 2 atom stereocenters. The van der Waals surface area contributed by atoms with Gasteiger partial charge in [-0.1, -0.05) is 28.8 Å². The number of hydrogen-bond acceptors (Lipinski definition) is 2. The molecule has 0 saturated heterocycles. The molecule has 2 nitrogen and oxygen atoms in total. The minimum Gasteiger partial charge on any atom is -0.381 e. The molecule has 1 aliphatic carbocycles. The summed E-state index contributed by atoms with van der Waals surface area (Å²) in [5, 5.41) is 12.2. The maximum atomic E-state index is 12.8. The van der Waals surface area contributed by atoms with Gasteiger partial charge in [-0.3, -0.25) is 0 Å². The van der Waals surface area contributed by atoms with E-state index in [0.29, 0.717) is 10.2 Å². The number of nitrogens with one attached hydrogen (secondary N) is 1. The first kappa shape index (κ1) is 15.2. The Bertz CT molecular complexity index is 522. The molecule has 1 aromatic carbocycles. The fourth-order valence-corrected chi connectivity index (χ4v) is 3.00. The lowest BCUT2D eigenvalue weighted by Gasteiger charge is -2.28. The van der Waals surface area contributed by atoms with Gasteiger partial charge in [0.15, 0.2) is 0 Å². The van der Waals surface area contributed by atoms with Crippen LogP contribution in [-0.2, 0) is 6.18 Å². The summed E-state index contributed by atoms with van der Waals surface area (Å²) in [5.41, 5.74) is -0.294. The van der Waals surface area contributed by atoms with Crippen LogP contribution in [0.4, 0.5) is 18.9 Å². The molecule has 1 saturated carbocycles. The van der Waals surface area contributed by atoms with E-state index in [0.717, 1.165) is 37.8 Å². The van der Waals surface area contributed by atoms with Gasteiger partial charge in [-0.25, -0.2) is 0 Å². The monoisotopic (exact) mass is 346 g/mol. The molecule has 0 spiro atoms. The number of halogens is 4. The van der Waals surface area contributed by atoms with E-state index in [9.17, 15) is 13.2 Å². The Morgan fingerprint density at radius 2 is 1.90 bits per heavy atom. The third-order valence-electron chi connectivity index (χ3n) is 3.51. The van der Waals surface area contributed by atoms with E-state index in [-0.39, 0.29) is 12.0 Å². The van der Waals surface area contributed by atoms with Crippen LogP contribution in [0.2, 0.25) is 0 Å². The van der Waals surface area contributed by atoms with Gasteiger partial charge in [-0.2, -0.15) is 18.4 Å². The van der Waals surface area contributed by atoms with Crippen LogP contribution in [-0.4, -0.2) is 6.04 Å². The topological polar surface area (TPSA) is 35.8 Å². The smallest absolute Gasteiger partial charge is 0.381 e. The van der Waals surface area contributed by atoms with E-state index >= 15 is 0 Å². The Balaban J connectivity index is 2.21. The van der Waals surface area contributed by atoms with Crippen LogP contribution >= 0.6 is 15.9 Å². The standard InChI is InChI=1S/C14H14BrF3N2/c15-11-5-10(14(16,17)18)6-12(7-11)20-13-4-2-1-3-9(13)8-19/h5-7,9,13,20H,1-4H2. The molecule has 2 unspecified atom stereocenters. The first-order chi connectivity index (χ1) is 9.40. The minimum absolute atomic E-state index is 0.0795. The van der Waals surface area contributed by atoms with E-state index in [1.165, 1.54) is 0 Å². The normalized spacial score (nSPS) is 23.1. The molecular weight excluding hydrogens is 333 g/mol. The highest BCUT2D eigenvalue weighted by molar-refractivity contribution is 9.10. The maximum Gasteiger partial charge on any atom is 0.416 e. The summed E-state index contributed by atoms with van der Waals surface area (Å²) in [6, 6.07) is 5.91. The first-order valence-electron chi connectivity index (χ1n) is 6.44. The van der Waals surface area contributed by atoms with Crippen LogP contribution in [0.5, 0.6) is 0 Å². The molecule has 0 radical (unpaired) electrons. The van der Waals surface area contributed by atoms with Gasteiger partial charge < -0.3 is 5.32 Å². The highest BCUT2D eigenvalue weighted by atomic mass is 79.9. The van der Waals surface area contributed by atoms with Crippen LogP contribution < -0.4 is 5.32 Å². The molecule has 20 heavy (non-hydrogen) atoms. The van der Waals surface area contributed by atoms with Gasteiger partial charge in [0, 0.05) is 16.2 Å². The number of anilines is 1. The van der Waals surface area contributed by atoms with E-state index in [1.807, 2.05) is 0 Å². The lowest BCUT2D eigenvalue weighted by molar-refractivity contribution is -0.137. The molecule has 0 aliphatic heterocycles. The summed E-state index contributed by atoms with van der Waals surface area (Å²) in [5.74, 6) is -0.142. The predicted molar refractivity (Wildman–Crippen MR) is 74.1 cm³/mol. The van der Waals surface area contributed by atoms with Gasteiger partial charge in [0.25, 0.3) is 0 Å². The van der Waals surface area contributed by atoms with Crippen molar-refractivity contribution >= 4 is 21.6 Å². The summed E-state index contributed by atoms with van der Waals surface area (Å²) in [6.45, 7) is 0. The molecule has 6 heteroatoms. The van der Waals surface area contributed by atoms with E-state index in [1.54, 1.807) is 6.07 Å². The zero-order chi connectivity index (χ0) is 14.8. The van der Waals surface area contributed by atoms with Crippen molar-refractivity contribution in [2.45, 2.75) is 37.9 Å². The SMILES string of the molecule is N#CC1CCCCC1Nc1cc(Br)cc(C(F)(F)F)c1. The van der Waals surface area contributed by atoms with Crippen molar-refractivity contribution in [1.29, 1.82) is 5.26 Å². The number of benzene rings is 1. The molecular formula is C14H14BrF3N2. The second-order valence-electron chi connectivity index (χ2n) is 5.00. The van der Waals surface area contributed by atoms with Gasteiger partial charge in [-0.05, 0) is 31.0 Å². The maximum absolute atomic E-state index is 12.8. The molecule has 0 bridgehead atoms. The van der Waals surface area contributed by atoms with E-state index in [4.69, 9.17) is 5.26 Å². The van der Waals surface area contributed by atoms with Crippen molar-refractivity contribution in [1.82, 2.24) is 0 Å². The van der Waals surface area contributed by atoms with E-state index in [2.05, 4.69) is 27.3 Å². The lowest BCUT2D eigenvalue weighted by atomic mass is 9.85. The zero-order valence-corrected chi connectivity index (χ0v) is 12.3. The van der Waals surface area contributed by atoms with Crippen molar-refractivity contribution in [3.8, 4) is 6.07 Å². The largest absolute Gasteiger partial charge is 0.416 e. The molecule has 1 N–H and O–H groups in total. The summed E-state index contributed by atoms with van der Waals surface area (Å²) in [7, 11) is 0. The summed E-state index contributed by atoms with van der Waals surface area (Å²) in [6.07, 6.45) is -0.763. The Labute approximate surface area is 124 Å². The predicted octanol–water partition coefficient (Wildman–Crippen LogP) is 4.96. The van der Waals surface area contributed by atoms with Crippen LogP contribution in [0.15, 0.2) is 22.7 Å². The molecule has 1 aromatic rings. The van der Waals surface area contributed by atoms with Gasteiger partial charge in [-0.15, -0.1) is 0 Å². The van der Waals surface area contributed by atoms with Gasteiger partial charge in [0.05, 0.1) is 17.6 Å². The molecule has 1 fully saturated rings. The second kappa shape index (κ2) is 6.04. The van der Waals surface area contributed by atoms with Crippen molar-refractivity contribution < 1.29 is 13.2 Å². The fraction of sp³-hybridized carbons (Fsp3) is 0.500. The molecule has 0 heterocycles. The Morgan fingerprint density at radius 1 is 1.20 bits per heavy atom. The quantitative estimate of drug-likeness (QED) is 0.821. The number of nitriles is 1. The van der Waals surface area contributed by atoms with Gasteiger partial charge >= 0.3 is 6.18 Å². The number of rotatable bonds is 2. The molecule has 0 amide bonds. The van der Waals surface area contributed by atoms with Crippen LogP contribution in [0.1, 0.15) is 31.2 Å². The molecule has 0 aromatic heterocycles. The molecule has 1 aliphatic rings. The number of alkyl halides is 3.